The van der Waals surface area contributed by atoms with Crippen molar-refractivity contribution in [3.63, 3.8) is 0 Å². The van der Waals surface area contributed by atoms with Gasteiger partial charge in [-0.25, -0.2) is 0 Å². The van der Waals surface area contributed by atoms with Crippen LogP contribution < -0.4 is 10.1 Å². The SMILES string of the molecule is COc1ccc(-c2ccc(CCC(=O)Nc3ccc(C)c(C)c3)o2)cc1. The summed E-state index contributed by atoms with van der Waals surface area (Å²) in [6, 6.07) is 17.5. The van der Waals surface area contributed by atoms with Crippen molar-refractivity contribution in [1.29, 1.82) is 0 Å². The molecule has 134 valence electrons. The van der Waals surface area contributed by atoms with E-state index in [9.17, 15) is 4.79 Å². The predicted octanol–water partition coefficient (Wildman–Crippen LogP) is 5.14. The molecule has 3 aromatic rings. The molecule has 4 heteroatoms. The molecule has 3 rings (SSSR count). The Bertz CT molecular complexity index is 894. The molecule has 1 heterocycles. The molecule has 0 atom stereocenters. The van der Waals surface area contributed by atoms with Crippen LogP contribution in [-0.2, 0) is 11.2 Å². The topological polar surface area (TPSA) is 51.5 Å². The lowest BCUT2D eigenvalue weighted by Crippen LogP contribution is -2.12. The van der Waals surface area contributed by atoms with E-state index in [0.717, 1.165) is 34.1 Å². The molecular formula is C22H23NO3. The number of anilines is 1. The van der Waals surface area contributed by atoms with Gasteiger partial charge < -0.3 is 14.5 Å². The number of methoxy groups -OCH3 is 1. The number of amides is 1. The van der Waals surface area contributed by atoms with Crippen molar-refractivity contribution in [2.75, 3.05) is 12.4 Å². The molecule has 26 heavy (non-hydrogen) atoms. The van der Waals surface area contributed by atoms with Crippen LogP contribution in [0.1, 0.15) is 23.3 Å². The van der Waals surface area contributed by atoms with Crippen molar-refractivity contribution in [2.24, 2.45) is 0 Å². The second-order valence-electron chi connectivity index (χ2n) is 6.34. The highest BCUT2D eigenvalue weighted by Gasteiger charge is 2.08. The standard InChI is InChI=1S/C22H23NO3/c1-15-4-7-18(14-16(15)2)23-22(24)13-11-20-10-12-21(26-20)17-5-8-19(25-3)9-6-17/h4-10,12,14H,11,13H2,1-3H3,(H,23,24). The van der Waals surface area contributed by atoms with Crippen molar-refractivity contribution in [3.8, 4) is 17.1 Å². The maximum absolute atomic E-state index is 12.2. The molecule has 1 N–H and O–H groups in total. The minimum Gasteiger partial charge on any atom is -0.497 e. The van der Waals surface area contributed by atoms with Gasteiger partial charge in [-0.3, -0.25) is 4.79 Å². The van der Waals surface area contributed by atoms with Crippen LogP contribution in [0, 0.1) is 13.8 Å². The first-order valence-electron chi connectivity index (χ1n) is 8.65. The van der Waals surface area contributed by atoms with Crippen molar-refractivity contribution in [2.45, 2.75) is 26.7 Å². The Kier molecular flexibility index (Phi) is 5.42. The third kappa shape index (κ3) is 4.33. The monoisotopic (exact) mass is 349 g/mol. The number of carbonyl (C=O) groups is 1. The molecule has 0 fully saturated rings. The van der Waals surface area contributed by atoms with Crippen LogP contribution in [0.2, 0.25) is 0 Å². The van der Waals surface area contributed by atoms with Gasteiger partial charge in [0.15, 0.2) is 0 Å². The van der Waals surface area contributed by atoms with Crippen molar-refractivity contribution in [1.82, 2.24) is 0 Å². The lowest BCUT2D eigenvalue weighted by atomic mass is 10.1. The van der Waals surface area contributed by atoms with E-state index in [1.807, 2.05) is 61.5 Å². The summed E-state index contributed by atoms with van der Waals surface area (Å²) in [5.74, 6) is 2.38. The summed E-state index contributed by atoms with van der Waals surface area (Å²) in [6.45, 7) is 4.09. The average molecular weight is 349 g/mol. The lowest BCUT2D eigenvalue weighted by molar-refractivity contribution is -0.116. The van der Waals surface area contributed by atoms with Gasteiger partial charge in [-0.1, -0.05) is 6.07 Å². The van der Waals surface area contributed by atoms with Gasteiger partial charge in [0.2, 0.25) is 5.91 Å². The van der Waals surface area contributed by atoms with E-state index in [2.05, 4.69) is 12.2 Å². The number of benzene rings is 2. The Morgan fingerprint density at radius 3 is 2.46 bits per heavy atom. The van der Waals surface area contributed by atoms with Crippen LogP contribution in [0.3, 0.4) is 0 Å². The zero-order valence-corrected chi connectivity index (χ0v) is 15.3. The largest absolute Gasteiger partial charge is 0.497 e. The van der Waals surface area contributed by atoms with Gasteiger partial charge >= 0.3 is 0 Å². The highest BCUT2D eigenvalue weighted by molar-refractivity contribution is 5.90. The fourth-order valence-corrected chi connectivity index (χ4v) is 2.70. The summed E-state index contributed by atoms with van der Waals surface area (Å²) < 4.78 is 11.0. The van der Waals surface area contributed by atoms with Crippen molar-refractivity contribution >= 4 is 11.6 Å². The Balaban J connectivity index is 1.56. The van der Waals surface area contributed by atoms with Gasteiger partial charge in [-0.05, 0) is 73.5 Å². The third-order valence-corrected chi connectivity index (χ3v) is 4.43. The van der Waals surface area contributed by atoms with E-state index in [1.165, 1.54) is 5.56 Å². The summed E-state index contributed by atoms with van der Waals surface area (Å²) >= 11 is 0. The molecule has 4 nitrogen and oxygen atoms in total. The molecule has 1 aromatic heterocycles. The summed E-state index contributed by atoms with van der Waals surface area (Å²) in [7, 11) is 1.64. The van der Waals surface area contributed by atoms with Gasteiger partial charge in [0.05, 0.1) is 7.11 Å². The van der Waals surface area contributed by atoms with Crippen LogP contribution in [0.25, 0.3) is 11.3 Å². The van der Waals surface area contributed by atoms with E-state index in [0.29, 0.717) is 12.8 Å². The van der Waals surface area contributed by atoms with Crippen LogP contribution >= 0.6 is 0 Å². The zero-order chi connectivity index (χ0) is 18.5. The number of aryl methyl sites for hydroxylation is 3. The molecule has 0 bridgehead atoms. The summed E-state index contributed by atoms with van der Waals surface area (Å²) in [6.07, 6.45) is 0.940. The molecule has 2 aromatic carbocycles. The molecule has 0 unspecified atom stereocenters. The number of hydrogen-bond acceptors (Lipinski definition) is 3. The maximum atomic E-state index is 12.2. The fourth-order valence-electron chi connectivity index (χ4n) is 2.70. The second-order valence-corrected chi connectivity index (χ2v) is 6.34. The van der Waals surface area contributed by atoms with Gasteiger partial charge in [0.1, 0.15) is 17.3 Å². The quantitative estimate of drug-likeness (QED) is 0.670. The normalized spacial score (nSPS) is 10.6. The minimum atomic E-state index is -0.0179. The molecule has 1 amide bonds. The molecule has 0 saturated heterocycles. The number of rotatable bonds is 6. The van der Waals surface area contributed by atoms with E-state index < -0.39 is 0 Å². The number of hydrogen-bond donors (Lipinski definition) is 1. The van der Waals surface area contributed by atoms with Crippen LogP contribution in [0.4, 0.5) is 5.69 Å². The molecule has 0 aliphatic carbocycles. The fraction of sp³-hybridized carbons (Fsp3) is 0.227. The minimum absolute atomic E-state index is 0.0179. The van der Waals surface area contributed by atoms with Crippen LogP contribution in [-0.4, -0.2) is 13.0 Å². The van der Waals surface area contributed by atoms with Gasteiger partial charge in [0, 0.05) is 24.1 Å². The Labute approximate surface area is 153 Å². The first-order valence-corrected chi connectivity index (χ1v) is 8.65. The molecule has 0 aliphatic heterocycles. The highest BCUT2D eigenvalue weighted by Crippen LogP contribution is 2.25. The number of nitrogens with one attached hydrogen (secondary N) is 1. The second kappa shape index (κ2) is 7.91. The number of carbonyl (C=O) groups excluding carboxylic acids is 1. The number of furan rings is 1. The van der Waals surface area contributed by atoms with E-state index in [-0.39, 0.29) is 5.91 Å². The first kappa shape index (κ1) is 17.8. The smallest absolute Gasteiger partial charge is 0.224 e. The Morgan fingerprint density at radius 1 is 1.00 bits per heavy atom. The molecule has 0 radical (unpaired) electrons. The van der Waals surface area contributed by atoms with Gasteiger partial charge in [-0.15, -0.1) is 0 Å². The summed E-state index contributed by atoms with van der Waals surface area (Å²) in [4.78, 5) is 12.2. The maximum Gasteiger partial charge on any atom is 0.224 e. The third-order valence-electron chi connectivity index (χ3n) is 4.43. The first-order chi connectivity index (χ1) is 12.5. The van der Waals surface area contributed by atoms with E-state index in [4.69, 9.17) is 9.15 Å². The van der Waals surface area contributed by atoms with E-state index in [1.54, 1.807) is 7.11 Å². The highest BCUT2D eigenvalue weighted by atomic mass is 16.5. The predicted molar refractivity (Wildman–Crippen MR) is 104 cm³/mol. The van der Waals surface area contributed by atoms with Crippen LogP contribution in [0.15, 0.2) is 59.0 Å². The Hall–Kier alpha value is -3.01. The number of ether oxygens (including phenoxy) is 1. The molecular weight excluding hydrogens is 326 g/mol. The average Bonchev–Trinajstić information content (AvgIpc) is 3.12. The van der Waals surface area contributed by atoms with Gasteiger partial charge in [-0.2, -0.15) is 0 Å². The summed E-state index contributed by atoms with van der Waals surface area (Å²) in [5.41, 5.74) is 4.19. The molecule has 0 aliphatic rings. The van der Waals surface area contributed by atoms with Crippen molar-refractivity contribution in [3.05, 3.63) is 71.5 Å². The lowest BCUT2D eigenvalue weighted by Gasteiger charge is -2.07. The van der Waals surface area contributed by atoms with Gasteiger partial charge in [0.25, 0.3) is 0 Å². The molecule has 0 spiro atoms. The van der Waals surface area contributed by atoms with Crippen molar-refractivity contribution < 1.29 is 13.9 Å². The van der Waals surface area contributed by atoms with Crippen LogP contribution in [0.5, 0.6) is 5.75 Å². The van der Waals surface area contributed by atoms with E-state index >= 15 is 0 Å². The Morgan fingerprint density at radius 2 is 1.77 bits per heavy atom. The molecule has 0 saturated carbocycles. The summed E-state index contributed by atoms with van der Waals surface area (Å²) in [5, 5.41) is 2.94. The zero-order valence-electron chi connectivity index (χ0n) is 15.3.